The van der Waals surface area contributed by atoms with E-state index in [0.717, 1.165) is 38.3 Å². The fourth-order valence-corrected chi connectivity index (χ4v) is 5.47. The number of hydrogen-bond donors (Lipinski definition) is 0. The van der Waals surface area contributed by atoms with Crippen LogP contribution in [0.5, 0.6) is 0 Å². The lowest BCUT2D eigenvalue weighted by Gasteiger charge is -2.36. The number of aryl methyl sites for hydroxylation is 1. The molecule has 2 aliphatic rings. The van der Waals surface area contributed by atoms with Crippen molar-refractivity contribution in [3.63, 3.8) is 0 Å². The van der Waals surface area contributed by atoms with Gasteiger partial charge in [0, 0.05) is 46.0 Å². The van der Waals surface area contributed by atoms with Crippen molar-refractivity contribution >= 4 is 51.7 Å². The van der Waals surface area contributed by atoms with Crippen molar-refractivity contribution in [3.05, 3.63) is 80.6 Å². The van der Waals surface area contributed by atoms with Crippen molar-refractivity contribution in [2.24, 2.45) is 0 Å². The number of nitrogens with zero attached hydrogens (tertiary/aromatic N) is 5. The number of benzene rings is 1. The molecule has 0 atom stereocenters. The zero-order valence-corrected chi connectivity index (χ0v) is 20.7. The maximum absolute atomic E-state index is 13.6. The maximum atomic E-state index is 13.6. The van der Waals surface area contributed by atoms with Crippen molar-refractivity contribution < 1.29 is 4.79 Å². The number of fused-ring (bicyclic) bond motifs is 1. The van der Waals surface area contributed by atoms with Crippen LogP contribution in [0, 0.1) is 6.92 Å². The van der Waals surface area contributed by atoms with E-state index in [1.807, 2.05) is 25.1 Å². The molecule has 0 bridgehead atoms. The summed E-state index contributed by atoms with van der Waals surface area (Å²) in [4.78, 5) is 37.6. The van der Waals surface area contributed by atoms with Gasteiger partial charge in [0.1, 0.15) is 15.8 Å². The molecule has 0 unspecified atom stereocenters. The quantitative estimate of drug-likeness (QED) is 0.410. The largest absolute Gasteiger partial charge is 0.353 e. The Morgan fingerprint density at radius 3 is 2.47 bits per heavy atom. The number of aromatic nitrogens is 2. The van der Waals surface area contributed by atoms with E-state index in [4.69, 9.17) is 17.2 Å². The van der Waals surface area contributed by atoms with Gasteiger partial charge in [0.15, 0.2) is 0 Å². The number of amides is 1. The summed E-state index contributed by atoms with van der Waals surface area (Å²) in [5, 5.41) is 0. The first kappa shape index (κ1) is 22.8. The molecule has 1 aromatic carbocycles. The highest BCUT2D eigenvalue weighted by atomic mass is 32.2. The van der Waals surface area contributed by atoms with Gasteiger partial charge >= 0.3 is 0 Å². The SMILES string of the molecule is Cc1cccn2c(=O)c(/C=C3\SC(=S)N(C)C3=O)c(N3CCN(Cc4ccccc4)CC3)nc12. The summed E-state index contributed by atoms with van der Waals surface area (Å²) in [7, 11) is 1.65. The Hall–Kier alpha value is -3.01. The number of pyridine rings is 1. The summed E-state index contributed by atoms with van der Waals surface area (Å²) >= 11 is 6.49. The van der Waals surface area contributed by atoms with E-state index in [0.29, 0.717) is 26.3 Å². The van der Waals surface area contributed by atoms with E-state index in [1.165, 1.54) is 22.2 Å². The Morgan fingerprint density at radius 2 is 1.79 bits per heavy atom. The number of piperazine rings is 1. The third-order valence-electron chi connectivity index (χ3n) is 6.25. The van der Waals surface area contributed by atoms with Gasteiger partial charge in [0.05, 0.1) is 10.5 Å². The smallest absolute Gasteiger partial charge is 0.267 e. The second-order valence-electron chi connectivity index (χ2n) is 8.53. The topological polar surface area (TPSA) is 61.2 Å². The fraction of sp³-hybridized carbons (Fsp3) is 0.280. The van der Waals surface area contributed by atoms with Gasteiger partial charge in [-0.15, -0.1) is 0 Å². The summed E-state index contributed by atoms with van der Waals surface area (Å²) in [6.07, 6.45) is 3.39. The van der Waals surface area contributed by atoms with E-state index < -0.39 is 0 Å². The third-order valence-corrected chi connectivity index (χ3v) is 7.73. The Bertz CT molecular complexity index is 1360. The molecule has 3 aromatic rings. The molecule has 0 spiro atoms. The van der Waals surface area contributed by atoms with E-state index in [2.05, 4.69) is 34.1 Å². The number of likely N-dealkylation sites (N-methyl/N-ethyl adjacent to an activating group) is 1. The lowest BCUT2D eigenvalue weighted by molar-refractivity contribution is -0.121. The summed E-state index contributed by atoms with van der Waals surface area (Å²) in [6.45, 7) is 6.06. The van der Waals surface area contributed by atoms with Crippen LogP contribution in [0.4, 0.5) is 5.82 Å². The van der Waals surface area contributed by atoms with Gasteiger partial charge in [0.2, 0.25) is 0 Å². The van der Waals surface area contributed by atoms with E-state index in [-0.39, 0.29) is 11.5 Å². The van der Waals surface area contributed by atoms with Gasteiger partial charge in [-0.05, 0) is 30.2 Å². The van der Waals surface area contributed by atoms with Gasteiger partial charge < -0.3 is 4.90 Å². The van der Waals surface area contributed by atoms with Gasteiger partial charge in [-0.25, -0.2) is 4.98 Å². The van der Waals surface area contributed by atoms with Crippen LogP contribution in [-0.2, 0) is 11.3 Å². The molecule has 0 radical (unpaired) electrons. The highest BCUT2D eigenvalue weighted by Crippen LogP contribution is 2.32. The fourth-order valence-electron chi connectivity index (χ4n) is 4.30. The molecule has 2 saturated heterocycles. The van der Waals surface area contributed by atoms with Gasteiger partial charge in [-0.1, -0.05) is 60.4 Å². The van der Waals surface area contributed by atoms with Crippen LogP contribution in [0.3, 0.4) is 0 Å². The number of anilines is 1. The number of thioether (sulfide) groups is 1. The van der Waals surface area contributed by atoms with Crippen LogP contribution < -0.4 is 10.5 Å². The molecular weight excluding hydrogens is 466 g/mol. The highest BCUT2D eigenvalue weighted by Gasteiger charge is 2.30. The third kappa shape index (κ3) is 4.26. The molecule has 4 heterocycles. The Balaban J connectivity index is 1.51. The van der Waals surface area contributed by atoms with Crippen LogP contribution >= 0.6 is 24.0 Å². The zero-order chi connectivity index (χ0) is 23.8. The molecule has 1 amide bonds. The van der Waals surface area contributed by atoms with Crippen molar-refractivity contribution in [3.8, 4) is 0 Å². The molecule has 2 aromatic heterocycles. The molecule has 0 N–H and O–H groups in total. The maximum Gasteiger partial charge on any atom is 0.267 e. The average molecular weight is 492 g/mol. The Labute approximate surface area is 207 Å². The molecule has 0 aliphatic carbocycles. The van der Waals surface area contributed by atoms with Gasteiger partial charge in [-0.3, -0.25) is 23.8 Å². The van der Waals surface area contributed by atoms with E-state index in [1.54, 1.807) is 23.7 Å². The minimum atomic E-state index is -0.192. The predicted octanol–water partition coefficient (Wildman–Crippen LogP) is 3.16. The molecule has 34 heavy (non-hydrogen) atoms. The van der Waals surface area contributed by atoms with Crippen molar-refractivity contribution in [1.82, 2.24) is 19.2 Å². The standard InChI is InChI=1S/C25H25N5O2S2/c1-17-7-6-10-30-21(17)26-22(19(23(30)31)15-20-24(32)27(2)25(33)34-20)29-13-11-28(12-14-29)16-18-8-4-3-5-9-18/h3-10,15H,11-14,16H2,1-2H3/b20-15-. The normalized spacial score (nSPS) is 18.5. The Kier molecular flexibility index (Phi) is 6.24. The van der Waals surface area contributed by atoms with Crippen LogP contribution in [0.25, 0.3) is 11.7 Å². The number of thiocarbonyl (C=S) groups is 1. The minimum Gasteiger partial charge on any atom is -0.353 e. The van der Waals surface area contributed by atoms with Crippen LogP contribution in [0.2, 0.25) is 0 Å². The van der Waals surface area contributed by atoms with Crippen LogP contribution in [0.1, 0.15) is 16.7 Å². The van der Waals surface area contributed by atoms with Gasteiger partial charge in [0.25, 0.3) is 11.5 Å². The number of carbonyl (C=O) groups is 1. The first-order chi connectivity index (χ1) is 16.4. The van der Waals surface area contributed by atoms with Gasteiger partial charge in [-0.2, -0.15) is 0 Å². The summed E-state index contributed by atoms with van der Waals surface area (Å²) in [5.41, 5.74) is 3.09. The molecule has 9 heteroatoms. The second kappa shape index (κ2) is 9.32. The molecule has 2 fully saturated rings. The van der Waals surface area contributed by atoms with Crippen LogP contribution in [0.15, 0.2) is 58.4 Å². The molecular formula is C25H25N5O2S2. The summed E-state index contributed by atoms with van der Waals surface area (Å²) in [5.74, 6) is 0.433. The monoisotopic (exact) mass is 491 g/mol. The number of rotatable bonds is 4. The number of hydrogen-bond acceptors (Lipinski definition) is 7. The molecule has 0 saturated carbocycles. The van der Waals surface area contributed by atoms with Crippen molar-refractivity contribution in [1.29, 1.82) is 0 Å². The predicted molar refractivity (Wildman–Crippen MR) is 141 cm³/mol. The molecule has 5 rings (SSSR count). The van der Waals surface area contributed by atoms with Crippen molar-refractivity contribution in [2.45, 2.75) is 13.5 Å². The summed E-state index contributed by atoms with van der Waals surface area (Å²) in [6, 6.07) is 14.2. The number of carbonyl (C=O) groups excluding carboxylic acids is 1. The first-order valence-corrected chi connectivity index (χ1v) is 12.4. The average Bonchev–Trinajstić information content (AvgIpc) is 3.09. The zero-order valence-electron chi connectivity index (χ0n) is 19.1. The van der Waals surface area contributed by atoms with E-state index in [9.17, 15) is 9.59 Å². The first-order valence-electron chi connectivity index (χ1n) is 11.2. The van der Waals surface area contributed by atoms with Crippen molar-refractivity contribution in [2.75, 3.05) is 38.1 Å². The molecule has 2 aliphatic heterocycles. The highest BCUT2D eigenvalue weighted by molar-refractivity contribution is 8.26. The molecule has 7 nitrogen and oxygen atoms in total. The Morgan fingerprint density at radius 1 is 1.06 bits per heavy atom. The summed E-state index contributed by atoms with van der Waals surface area (Å²) < 4.78 is 2.04. The molecule has 174 valence electrons. The second-order valence-corrected chi connectivity index (χ2v) is 10.2. The van der Waals surface area contributed by atoms with Crippen LogP contribution in [-0.4, -0.2) is 62.6 Å². The lowest BCUT2D eigenvalue weighted by Crippen LogP contribution is -2.47. The lowest BCUT2D eigenvalue weighted by atomic mass is 10.1. The minimum absolute atomic E-state index is 0.184. The van der Waals surface area contributed by atoms with E-state index >= 15 is 0 Å².